The van der Waals surface area contributed by atoms with Gasteiger partial charge in [0.2, 0.25) is 5.88 Å². The molecule has 1 atom stereocenters. The monoisotopic (exact) mass is 626 g/mol. The number of benzene rings is 2. The van der Waals surface area contributed by atoms with Crippen LogP contribution in [0.5, 0.6) is 11.6 Å². The summed E-state index contributed by atoms with van der Waals surface area (Å²) in [5.41, 5.74) is 3.25. The van der Waals surface area contributed by atoms with Gasteiger partial charge in [-0.05, 0) is 81.2 Å². The van der Waals surface area contributed by atoms with Gasteiger partial charge in [0.1, 0.15) is 18.5 Å². The van der Waals surface area contributed by atoms with Crippen LogP contribution in [0.2, 0.25) is 0 Å². The van der Waals surface area contributed by atoms with Crippen molar-refractivity contribution in [3.05, 3.63) is 83.1 Å². The molecule has 0 aliphatic carbocycles. The van der Waals surface area contributed by atoms with Crippen LogP contribution in [0.25, 0.3) is 11.0 Å². The number of esters is 1. The number of carbonyl (C=O) groups excluding carboxylic acids is 1. The van der Waals surface area contributed by atoms with Gasteiger partial charge in [-0.3, -0.25) is 9.80 Å². The summed E-state index contributed by atoms with van der Waals surface area (Å²) in [5.74, 6) is 0.665. The third kappa shape index (κ3) is 7.14. The van der Waals surface area contributed by atoms with Gasteiger partial charge >= 0.3 is 5.97 Å². The molecule has 4 aromatic rings. The van der Waals surface area contributed by atoms with E-state index in [1.54, 1.807) is 6.07 Å². The Morgan fingerprint density at radius 1 is 1.07 bits per heavy atom. The fourth-order valence-corrected chi connectivity index (χ4v) is 6.47. The van der Waals surface area contributed by atoms with Gasteiger partial charge in [-0.1, -0.05) is 13.0 Å². The molecular weight excluding hydrogens is 587 g/mol. The number of pyridine rings is 1. The van der Waals surface area contributed by atoms with Crippen LogP contribution >= 0.6 is 0 Å². The highest BCUT2D eigenvalue weighted by atomic mass is 19.1. The Balaban J connectivity index is 1.09. The maximum Gasteiger partial charge on any atom is 0.337 e. The van der Waals surface area contributed by atoms with Gasteiger partial charge in [0.15, 0.2) is 11.6 Å². The molecule has 0 N–H and O–H groups in total. The third-order valence-corrected chi connectivity index (χ3v) is 8.95. The first-order chi connectivity index (χ1) is 22.4. The van der Waals surface area contributed by atoms with Crippen LogP contribution < -0.4 is 9.47 Å². The van der Waals surface area contributed by atoms with Crippen molar-refractivity contribution in [1.82, 2.24) is 24.3 Å². The van der Waals surface area contributed by atoms with E-state index in [-0.39, 0.29) is 30.0 Å². The highest BCUT2D eigenvalue weighted by molar-refractivity contribution is 5.93. The number of halogens is 1. The zero-order valence-electron chi connectivity index (χ0n) is 26.3. The number of nitrogens with zero attached hydrogens (tertiary/aromatic N) is 6. The second-order valence-electron chi connectivity index (χ2n) is 11.9. The topological polar surface area (TPSA) is 106 Å². The number of hydrogen-bond acceptors (Lipinski definition) is 9. The van der Waals surface area contributed by atoms with Crippen LogP contribution in [0.4, 0.5) is 4.39 Å². The van der Waals surface area contributed by atoms with Crippen LogP contribution in [0.1, 0.15) is 60.0 Å². The van der Waals surface area contributed by atoms with Crippen molar-refractivity contribution in [2.75, 3.05) is 33.3 Å². The lowest BCUT2D eigenvalue weighted by Crippen LogP contribution is -2.39. The number of piperidine rings is 1. The normalized spacial score (nSPS) is 17.7. The molecule has 46 heavy (non-hydrogen) atoms. The molecule has 0 unspecified atom stereocenters. The minimum absolute atomic E-state index is 0.0221. The van der Waals surface area contributed by atoms with E-state index >= 15 is 0 Å². The summed E-state index contributed by atoms with van der Waals surface area (Å²) in [6.45, 7) is 7.69. The molecule has 11 heteroatoms. The number of nitriles is 1. The fraction of sp³-hybridized carbons (Fsp3) is 0.429. The van der Waals surface area contributed by atoms with Gasteiger partial charge in [0.25, 0.3) is 0 Å². The van der Waals surface area contributed by atoms with Crippen LogP contribution in [-0.4, -0.2) is 75.7 Å². The van der Waals surface area contributed by atoms with Crippen molar-refractivity contribution >= 4 is 17.0 Å². The van der Waals surface area contributed by atoms with E-state index in [1.165, 1.54) is 25.7 Å². The summed E-state index contributed by atoms with van der Waals surface area (Å²) in [4.78, 5) is 26.9. The first-order valence-electron chi connectivity index (χ1n) is 15.9. The molecular formula is C35H39FN6O4. The number of rotatable bonds is 11. The summed E-state index contributed by atoms with van der Waals surface area (Å²) in [6, 6.07) is 17.6. The molecule has 0 saturated carbocycles. The zero-order chi connectivity index (χ0) is 32.0. The van der Waals surface area contributed by atoms with Crippen molar-refractivity contribution in [2.24, 2.45) is 0 Å². The van der Waals surface area contributed by atoms with Gasteiger partial charge < -0.3 is 18.8 Å². The number of imidazole rings is 1. The van der Waals surface area contributed by atoms with E-state index in [1.807, 2.05) is 36.4 Å². The highest BCUT2D eigenvalue weighted by Crippen LogP contribution is 2.26. The van der Waals surface area contributed by atoms with Crippen molar-refractivity contribution < 1.29 is 23.4 Å². The maximum atomic E-state index is 14.2. The number of aromatic nitrogens is 3. The Labute approximate surface area is 268 Å². The SMILES string of the molecule is CCN1CCC[C@H]1Cn1c(CN2CCC(Oc3cccc(COc4ccc(C#N)cc4F)n3)CC2)nc2ccc(C(=O)OC)cc21. The van der Waals surface area contributed by atoms with E-state index in [0.717, 1.165) is 74.9 Å². The third-order valence-electron chi connectivity index (χ3n) is 8.95. The second-order valence-corrected chi connectivity index (χ2v) is 11.9. The molecule has 2 aromatic carbocycles. The van der Waals surface area contributed by atoms with Crippen molar-refractivity contribution in [2.45, 2.75) is 64.4 Å². The fourth-order valence-electron chi connectivity index (χ4n) is 6.47. The van der Waals surface area contributed by atoms with Crippen LogP contribution in [0.3, 0.4) is 0 Å². The van der Waals surface area contributed by atoms with Crippen molar-refractivity contribution in [1.29, 1.82) is 5.26 Å². The van der Waals surface area contributed by atoms with Crippen molar-refractivity contribution in [3.8, 4) is 17.7 Å². The number of ether oxygens (including phenoxy) is 3. The molecule has 10 nitrogen and oxygen atoms in total. The summed E-state index contributed by atoms with van der Waals surface area (Å²) in [5, 5.41) is 8.94. The van der Waals surface area contributed by atoms with Crippen LogP contribution in [0.15, 0.2) is 54.6 Å². The first kappa shape index (κ1) is 31.5. The lowest BCUT2D eigenvalue weighted by molar-refractivity contribution is 0.0601. The molecule has 0 radical (unpaired) electrons. The number of likely N-dealkylation sites (tertiary alicyclic amines) is 2. The Morgan fingerprint density at radius 3 is 2.67 bits per heavy atom. The average Bonchev–Trinajstić information content (AvgIpc) is 3.68. The summed E-state index contributed by atoms with van der Waals surface area (Å²) in [7, 11) is 1.41. The predicted molar refractivity (Wildman–Crippen MR) is 170 cm³/mol. The lowest BCUT2D eigenvalue weighted by atomic mass is 10.1. The molecule has 2 fully saturated rings. The van der Waals surface area contributed by atoms with E-state index in [0.29, 0.717) is 29.7 Å². The minimum Gasteiger partial charge on any atom is -0.484 e. The molecule has 240 valence electrons. The van der Waals surface area contributed by atoms with Crippen LogP contribution in [0, 0.1) is 17.1 Å². The lowest BCUT2D eigenvalue weighted by Gasteiger charge is -2.32. The van der Waals surface area contributed by atoms with Gasteiger partial charge in [-0.15, -0.1) is 0 Å². The van der Waals surface area contributed by atoms with E-state index < -0.39 is 5.82 Å². The van der Waals surface area contributed by atoms with Gasteiger partial charge in [-0.2, -0.15) is 5.26 Å². The number of carbonyl (C=O) groups is 1. The minimum atomic E-state index is -0.582. The number of fused-ring (bicyclic) bond motifs is 1. The summed E-state index contributed by atoms with van der Waals surface area (Å²) < 4.78 is 33.4. The quantitative estimate of drug-likeness (QED) is 0.204. The van der Waals surface area contributed by atoms with Gasteiger partial charge in [0, 0.05) is 31.7 Å². The molecule has 0 amide bonds. The maximum absolute atomic E-state index is 14.2. The largest absolute Gasteiger partial charge is 0.484 e. The summed E-state index contributed by atoms with van der Waals surface area (Å²) >= 11 is 0. The second kappa shape index (κ2) is 14.3. The zero-order valence-corrected chi connectivity index (χ0v) is 26.3. The number of methoxy groups -OCH3 is 1. The molecule has 2 aliphatic rings. The number of likely N-dealkylation sites (N-methyl/N-ethyl adjacent to an activating group) is 1. The molecule has 2 aromatic heterocycles. The smallest absolute Gasteiger partial charge is 0.337 e. The van der Waals surface area contributed by atoms with Gasteiger partial charge in [-0.25, -0.2) is 19.2 Å². The molecule has 4 heterocycles. The Bertz CT molecular complexity index is 1730. The average molecular weight is 627 g/mol. The Kier molecular flexibility index (Phi) is 9.76. The number of hydrogen-bond donors (Lipinski definition) is 0. The molecule has 6 rings (SSSR count). The molecule has 0 bridgehead atoms. The van der Waals surface area contributed by atoms with Crippen molar-refractivity contribution in [3.63, 3.8) is 0 Å². The highest BCUT2D eigenvalue weighted by Gasteiger charge is 2.27. The predicted octanol–water partition coefficient (Wildman–Crippen LogP) is 5.34. The Morgan fingerprint density at radius 2 is 1.91 bits per heavy atom. The van der Waals surface area contributed by atoms with Gasteiger partial charge in [0.05, 0.1) is 47.6 Å². The van der Waals surface area contributed by atoms with Crippen LogP contribution in [-0.2, 0) is 24.4 Å². The molecule has 2 aliphatic heterocycles. The standard InChI is InChI=1S/C35H39FN6O4/c1-3-41-15-5-7-27(41)21-42-31-19-25(35(43)44-2)10-11-30(31)39-33(42)22-40-16-13-28(14-17-40)46-34-8-4-6-26(38-34)23-45-32-12-9-24(20-37)18-29(32)36/h4,6,8-12,18-19,27-28H,3,5,7,13-17,21-23H2,1-2H3/t27-/m0/s1. The van der Waals surface area contributed by atoms with E-state index in [9.17, 15) is 9.18 Å². The molecule has 0 spiro atoms. The van der Waals surface area contributed by atoms with E-state index in [2.05, 4.69) is 26.3 Å². The van der Waals surface area contributed by atoms with E-state index in [4.69, 9.17) is 24.5 Å². The Hall–Kier alpha value is -4.53. The molecule has 2 saturated heterocycles. The first-order valence-corrected chi connectivity index (χ1v) is 15.9. The summed E-state index contributed by atoms with van der Waals surface area (Å²) in [6.07, 6.45) is 4.06.